The van der Waals surface area contributed by atoms with Crippen molar-refractivity contribution in [3.05, 3.63) is 29.3 Å². The summed E-state index contributed by atoms with van der Waals surface area (Å²) in [5.41, 5.74) is -1.34. The maximum atomic E-state index is 12.6. The first-order valence-electron chi connectivity index (χ1n) is 5.49. The van der Waals surface area contributed by atoms with Crippen molar-refractivity contribution in [2.75, 3.05) is 13.1 Å². The predicted molar refractivity (Wildman–Crippen MR) is 58.1 cm³/mol. The number of nitrogens with one attached hydrogen (secondary N) is 1. The van der Waals surface area contributed by atoms with Crippen LogP contribution in [0.4, 0.5) is 13.2 Å². The van der Waals surface area contributed by atoms with Crippen molar-refractivity contribution >= 4 is 0 Å². The number of rotatable bonds is 2. The highest BCUT2D eigenvalue weighted by molar-refractivity contribution is 5.44. The number of nitriles is 1. The fourth-order valence-corrected chi connectivity index (χ4v) is 1.86. The van der Waals surface area contributed by atoms with Gasteiger partial charge in [0.25, 0.3) is 0 Å². The molecule has 1 aromatic rings. The lowest BCUT2D eigenvalue weighted by molar-refractivity contribution is -0.137. The zero-order valence-corrected chi connectivity index (χ0v) is 9.42. The van der Waals surface area contributed by atoms with Gasteiger partial charge in [-0.15, -0.1) is 0 Å². The normalized spacial score (nSPS) is 19.6. The second-order valence-corrected chi connectivity index (χ2v) is 4.05. The van der Waals surface area contributed by atoms with E-state index >= 15 is 0 Å². The summed E-state index contributed by atoms with van der Waals surface area (Å²) in [6, 6.07) is 4.83. The molecule has 96 valence electrons. The maximum Gasteiger partial charge on any atom is 0.417 e. The van der Waals surface area contributed by atoms with E-state index in [0.29, 0.717) is 12.3 Å². The van der Waals surface area contributed by atoms with Crippen molar-refractivity contribution in [2.45, 2.75) is 18.7 Å². The van der Waals surface area contributed by atoms with Gasteiger partial charge in [0, 0.05) is 6.54 Å². The lowest BCUT2D eigenvalue weighted by Gasteiger charge is -2.14. The van der Waals surface area contributed by atoms with Crippen LogP contribution in [0.25, 0.3) is 0 Å². The standard InChI is InChI=1S/C12H11F3N2O/c13-12(14,15)11-2-1-9(5-8(11)6-16)18-10-3-4-17-7-10/h1-2,5,10,17H,3-4,7H2. The van der Waals surface area contributed by atoms with E-state index in [9.17, 15) is 13.2 Å². The van der Waals surface area contributed by atoms with E-state index in [0.717, 1.165) is 25.1 Å². The Labute approximate surface area is 102 Å². The van der Waals surface area contributed by atoms with E-state index in [1.54, 1.807) is 6.07 Å². The fraction of sp³-hybridized carbons (Fsp3) is 0.417. The zero-order chi connectivity index (χ0) is 13.2. The van der Waals surface area contributed by atoms with E-state index in [4.69, 9.17) is 10.00 Å². The summed E-state index contributed by atoms with van der Waals surface area (Å²) >= 11 is 0. The van der Waals surface area contributed by atoms with Crippen LogP contribution in [-0.4, -0.2) is 19.2 Å². The lowest BCUT2D eigenvalue weighted by Crippen LogP contribution is -2.19. The van der Waals surface area contributed by atoms with Crippen molar-refractivity contribution in [3.8, 4) is 11.8 Å². The van der Waals surface area contributed by atoms with E-state index in [1.807, 2.05) is 0 Å². The molecular weight excluding hydrogens is 245 g/mol. The predicted octanol–water partition coefficient (Wildman–Crippen LogP) is 2.32. The Balaban J connectivity index is 2.22. The average Bonchev–Trinajstić information content (AvgIpc) is 2.80. The van der Waals surface area contributed by atoms with Crippen LogP contribution in [-0.2, 0) is 6.18 Å². The average molecular weight is 256 g/mol. The molecule has 1 fully saturated rings. The molecule has 0 aromatic heterocycles. The lowest BCUT2D eigenvalue weighted by atomic mass is 10.1. The molecule has 0 bridgehead atoms. The number of alkyl halides is 3. The van der Waals surface area contributed by atoms with Gasteiger partial charge < -0.3 is 10.1 Å². The summed E-state index contributed by atoms with van der Waals surface area (Å²) in [6.07, 6.45) is -3.75. The fourth-order valence-electron chi connectivity index (χ4n) is 1.86. The SMILES string of the molecule is N#Cc1cc(OC2CCNC2)ccc1C(F)(F)F. The van der Waals surface area contributed by atoms with Gasteiger partial charge in [-0.3, -0.25) is 0 Å². The quantitative estimate of drug-likeness (QED) is 0.883. The van der Waals surface area contributed by atoms with Gasteiger partial charge in [0.05, 0.1) is 17.2 Å². The molecule has 0 spiro atoms. The molecule has 1 aliphatic heterocycles. The second-order valence-electron chi connectivity index (χ2n) is 4.05. The smallest absolute Gasteiger partial charge is 0.417 e. The van der Waals surface area contributed by atoms with Gasteiger partial charge in [-0.1, -0.05) is 0 Å². The molecular formula is C12H11F3N2O. The van der Waals surface area contributed by atoms with Gasteiger partial charge in [-0.25, -0.2) is 0 Å². The summed E-state index contributed by atoms with van der Waals surface area (Å²) in [4.78, 5) is 0. The Morgan fingerprint density at radius 3 is 2.72 bits per heavy atom. The van der Waals surface area contributed by atoms with Gasteiger partial charge in [0.15, 0.2) is 0 Å². The largest absolute Gasteiger partial charge is 0.489 e. The molecule has 1 aliphatic rings. The molecule has 1 atom stereocenters. The summed E-state index contributed by atoms with van der Waals surface area (Å²) in [5, 5.41) is 11.8. The molecule has 1 N–H and O–H groups in total. The van der Waals surface area contributed by atoms with E-state index in [1.165, 1.54) is 6.07 Å². The Morgan fingerprint density at radius 2 is 2.17 bits per heavy atom. The highest BCUT2D eigenvalue weighted by Crippen LogP contribution is 2.33. The van der Waals surface area contributed by atoms with Gasteiger partial charge in [-0.05, 0) is 31.2 Å². The summed E-state index contributed by atoms with van der Waals surface area (Å²) < 4.78 is 43.2. The van der Waals surface area contributed by atoms with Crippen LogP contribution in [0.3, 0.4) is 0 Å². The Bertz CT molecular complexity index is 473. The summed E-state index contributed by atoms with van der Waals surface area (Å²) in [6.45, 7) is 1.50. The number of halogens is 3. The molecule has 18 heavy (non-hydrogen) atoms. The van der Waals surface area contributed by atoms with Crippen LogP contribution in [0, 0.1) is 11.3 Å². The number of nitrogens with zero attached hydrogens (tertiary/aromatic N) is 1. The van der Waals surface area contributed by atoms with Crippen LogP contribution < -0.4 is 10.1 Å². The highest BCUT2D eigenvalue weighted by Gasteiger charge is 2.33. The van der Waals surface area contributed by atoms with Gasteiger partial charge in [0.1, 0.15) is 11.9 Å². The molecule has 2 rings (SSSR count). The molecule has 0 radical (unpaired) electrons. The van der Waals surface area contributed by atoms with Crippen LogP contribution >= 0.6 is 0 Å². The summed E-state index contributed by atoms with van der Waals surface area (Å²) in [7, 11) is 0. The monoisotopic (exact) mass is 256 g/mol. The second kappa shape index (κ2) is 4.86. The molecule has 3 nitrogen and oxygen atoms in total. The third-order valence-corrected chi connectivity index (χ3v) is 2.73. The molecule has 1 aromatic carbocycles. The van der Waals surface area contributed by atoms with Crippen LogP contribution in [0.15, 0.2) is 18.2 Å². The number of benzene rings is 1. The molecule has 6 heteroatoms. The first-order valence-corrected chi connectivity index (χ1v) is 5.49. The minimum Gasteiger partial charge on any atom is -0.489 e. The van der Waals surface area contributed by atoms with Crippen LogP contribution in [0.1, 0.15) is 17.5 Å². The minimum absolute atomic E-state index is 0.0479. The molecule has 0 aliphatic carbocycles. The maximum absolute atomic E-state index is 12.6. The van der Waals surface area contributed by atoms with Crippen molar-refractivity contribution < 1.29 is 17.9 Å². The van der Waals surface area contributed by atoms with Crippen LogP contribution in [0.2, 0.25) is 0 Å². The molecule has 1 unspecified atom stereocenters. The van der Waals surface area contributed by atoms with E-state index < -0.39 is 17.3 Å². The van der Waals surface area contributed by atoms with Gasteiger partial charge in [-0.2, -0.15) is 18.4 Å². The van der Waals surface area contributed by atoms with Gasteiger partial charge >= 0.3 is 6.18 Å². The third-order valence-electron chi connectivity index (χ3n) is 2.73. The topological polar surface area (TPSA) is 45.0 Å². The van der Waals surface area contributed by atoms with Crippen molar-refractivity contribution in [3.63, 3.8) is 0 Å². The first kappa shape index (κ1) is 12.7. The molecule has 0 amide bonds. The van der Waals surface area contributed by atoms with E-state index in [-0.39, 0.29) is 6.10 Å². The molecule has 1 heterocycles. The highest BCUT2D eigenvalue weighted by atomic mass is 19.4. The first-order chi connectivity index (χ1) is 8.50. The van der Waals surface area contributed by atoms with Crippen molar-refractivity contribution in [1.82, 2.24) is 5.32 Å². The number of hydrogen-bond acceptors (Lipinski definition) is 3. The zero-order valence-electron chi connectivity index (χ0n) is 9.42. The molecule has 0 saturated carbocycles. The van der Waals surface area contributed by atoms with Crippen LogP contribution in [0.5, 0.6) is 5.75 Å². The number of ether oxygens (including phenoxy) is 1. The van der Waals surface area contributed by atoms with Gasteiger partial charge in [0.2, 0.25) is 0 Å². The van der Waals surface area contributed by atoms with Crippen molar-refractivity contribution in [2.24, 2.45) is 0 Å². The Morgan fingerprint density at radius 1 is 1.39 bits per heavy atom. The Hall–Kier alpha value is -1.74. The summed E-state index contributed by atoms with van der Waals surface area (Å²) in [5.74, 6) is 0.299. The molecule has 1 saturated heterocycles. The Kier molecular flexibility index (Phi) is 3.43. The van der Waals surface area contributed by atoms with E-state index in [2.05, 4.69) is 5.32 Å². The minimum atomic E-state index is -4.52. The third kappa shape index (κ3) is 2.74. The van der Waals surface area contributed by atoms with Crippen molar-refractivity contribution in [1.29, 1.82) is 5.26 Å². The number of hydrogen-bond donors (Lipinski definition) is 1.